The maximum absolute atomic E-state index is 11.8. The van der Waals surface area contributed by atoms with Gasteiger partial charge < -0.3 is 10.5 Å². The SMILES string of the molecule is CC(C)CC(N)C(=O)OC1CC(C)CC(C)C1. The van der Waals surface area contributed by atoms with Crippen molar-refractivity contribution in [1.82, 2.24) is 0 Å². The Morgan fingerprint density at radius 2 is 1.76 bits per heavy atom. The molecule has 0 aromatic heterocycles. The molecule has 0 aromatic carbocycles. The Morgan fingerprint density at radius 1 is 1.24 bits per heavy atom. The van der Waals surface area contributed by atoms with Crippen molar-refractivity contribution in [3.8, 4) is 0 Å². The average Bonchev–Trinajstić information content (AvgIpc) is 2.14. The first kappa shape index (κ1) is 14.5. The van der Waals surface area contributed by atoms with E-state index >= 15 is 0 Å². The van der Waals surface area contributed by atoms with E-state index in [2.05, 4.69) is 27.7 Å². The molecular formula is C14H27NO2. The van der Waals surface area contributed by atoms with Crippen molar-refractivity contribution in [2.45, 2.75) is 65.5 Å². The van der Waals surface area contributed by atoms with Gasteiger partial charge in [-0.05, 0) is 43.4 Å². The Morgan fingerprint density at radius 3 is 2.24 bits per heavy atom. The van der Waals surface area contributed by atoms with E-state index in [1.807, 2.05) is 0 Å². The third-order valence-electron chi connectivity index (χ3n) is 3.45. The molecule has 1 aliphatic carbocycles. The van der Waals surface area contributed by atoms with E-state index < -0.39 is 6.04 Å². The quantitative estimate of drug-likeness (QED) is 0.770. The molecule has 100 valence electrons. The molecule has 17 heavy (non-hydrogen) atoms. The summed E-state index contributed by atoms with van der Waals surface area (Å²) in [5.74, 6) is 1.52. The maximum Gasteiger partial charge on any atom is 0.323 e. The fraction of sp³-hybridized carbons (Fsp3) is 0.929. The Labute approximate surface area is 105 Å². The molecule has 1 aliphatic rings. The van der Waals surface area contributed by atoms with Crippen molar-refractivity contribution in [2.75, 3.05) is 0 Å². The molecule has 1 saturated carbocycles. The minimum absolute atomic E-state index is 0.0828. The first-order valence-corrected chi connectivity index (χ1v) is 6.84. The number of hydrogen-bond donors (Lipinski definition) is 1. The van der Waals surface area contributed by atoms with Crippen LogP contribution in [0.4, 0.5) is 0 Å². The molecule has 0 saturated heterocycles. The van der Waals surface area contributed by atoms with Gasteiger partial charge in [-0.2, -0.15) is 0 Å². The Hall–Kier alpha value is -0.570. The summed E-state index contributed by atoms with van der Waals surface area (Å²) in [5.41, 5.74) is 5.83. The third kappa shape index (κ3) is 5.07. The summed E-state index contributed by atoms with van der Waals surface area (Å²) in [4.78, 5) is 11.8. The van der Waals surface area contributed by atoms with Gasteiger partial charge in [0.1, 0.15) is 12.1 Å². The lowest BCUT2D eigenvalue weighted by atomic mass is 9.82. The van der Waals surface area contributed by atoms with Crippen LogP contribution in [0.5, 0.6) is 0 Å². The van der Waals surface area contributed by atoms with E-state index in [9.17, 15) is 4.79 Å². The highest BCUT2D eigenvalue weighted by atomic mass is 16.5. The second-order valence-electron chi connectivity index (χ2n) is 6.21. The summed E-state index contributed by atoms with van der Waals surface area (Å²) in [6.07, 6.45) is 4.01. The highest BCUT2D eigenvalue weighted by Crippen LogP contribution is 2.30. The molecule has 0 radical (unpaired) electrons. The number of carbonyl (C=O) groups is 1. The molecule has 1 rings (SSSR count). The van der Waals surface area contributed by atoms with Gasteiger partial charge in [0.05, 0.1) is 0 Å². The second-order valence-corrected chi connectivity index (χ2v) is 6.21. The van der Waals surface area contributed by atoms with Gasteiger partial charge in [0.2, 0.25) is 0 Å². The minimum Gasteiger partial charge on any atom is -0.461 e. The number of rotatable bonds is 4. The van der Waals surface area contributed by atoms with Crippen LogP contribution in [-0.4, -0.2) is 18.1 Å². The van der Waals surface area contributed by atoms with Crippen LogP contribution >= 0.6 is 0 Å². The molecule has 2 N–H and O–H groups in total. The number of hydrogen-bond acceptors (Lipinski definition) is 3. The zero-order valence-corrected chi connectivity index (χ0v) is 11.6. The molecule has 3 heteroatoms. The van der Waals surface area contributed by atoms with Crippen LogP contribution in [0.1, 0.15) is 53.4 Å². The largest absolute Gasteiger partial charge is 0.461 e. The summed E-state index contributed by atoms with van der Waals surface area (Å²) < 4.78 is 5.53. The fourth-order valence-electron chi connectivity index (χ4n) is 2.83. The van der Waals surface area contributed by atoms with Crippen LogP contribution in [0.15, 0.2) is 0 Å². The molecule has 0 heterocycles. The van der Waals surface area contributed by atoms with Crippen molar-refractivity contribution < 1.29 is 9.53 Å². The smallest absolute Gasteiger partial charge is 0.323 e. The van der Waals surface area contributed by atoms with E-state index in [1.165, 1.54) is 6.42 Å². The van der Waals surface area contributed by atoms with Crippen LogP contribution in [0.2, 0.25) is 0 Å². The Kier molecular flexibility index (Phi) is 5.44. The van der Waals surface area contributed by atoms with Crippen LogP contribution in [-0.2, 0) is 9.53 Å². The molecule has 1 fully saturated rings. The standard InChI is InChI=1S/C14H27NO2/c1-9(2)5-13(15)14(16)17-12-7-10(3)6-11(4)8-12/h9-13H,5-8,15H2,1-4H3. The van der Waals surface area contributed by atoms with E-state index in [4.69, 9.17) is 10.5 Å². The lowest BCUT2D eigenvalue weighted by Gasteiger charge is -2.31. The predicted molar refractivity (Wildman–Crippen MR) is 69.5 cm³/mol. The first-order valence-electron chi connectivity index (χ1n) is 6.84. The zero-order valence-electron chi connectivity index (χ0n) is 11.6. The fourth-order valence-corrected chi connectivity index (χ4v) is 2.83. The lowest BCUT2D eigenvalue weighted by molar-refractivity contribution is -0.154. The maximum atomic E-state index is 11.8. The Balaban J connectivity index is 2.39. The lowest BCUT2D eigenvalue weighted by Crippen LogP contribution is -2.38. The molecule has 0 spiro atoms. The predicted octanol–water partition coefficient (Wildman–Crippen LogP) is 2.73. The molecule has 0 aliphatic heterocycles. The second kappa shape index (κ2) is 6.39. The first-order chi connectivity index (χ1) is 7.88. The van der Waals surface area contributed by atoms with Crippen LogP contribution in [0.3, 0.4) is 0 Å². The van der Waals surface area contributed by atoms with Gasteiger partial charge in [-0.25, -0.2) is 0 Å². The number of nitrogens with two attached hydrogens (primary N) is 1. The van der Waals surface area contributed by atoms with Crippen molar-refractivity contribution in [3.63, 3.8) is 0 Å². The Bertz CT molecular complexity index is 243. The monoisotopic (exact) mass is 241 g/mol. The highest BCUT2D eigenvalue weighted by molar-refractivity contribution is 5.75. The van der Waals surface area contributed by atoms with Crippen molar-refractivity contribution in [1.29, 1.82) is 0 Å². The van der Waals surface area contributed by atoms with Gasteiger partial charge in [-0.15, -0.1) is 0 Å². The third-order valence-corrected chi connectivity index (χ3v) is 3.45. The molecule has 3 nitrogen and oxygen atoms in total. The average molecular weight is 241 g/mol. The van der Waals surface area contributed by atoms with Gasteiger partial charge >= 0.3 is 5.97 Å². The van der Waals surface area contributed by atoms with Crippen LogP contribution in [0.25, 0.3) is 0 Å². The topological polar surface area (TPSA) is 52.3 Å². The van der Waals surface area contributed by atoms with Crippen molar-refractivity contribution in [3.05, 3.63) is 0 Å². The molecule has 0 bridgehead atoms. The molecule has 3 unspecified atom stereocenters. The normalized spacial score (nSPS) is 31.3. The summed E-state index contributed by atoms with van der Waals surface area (Å²) in [7, 11) is 0. The number of esters is 1. The zero-order chi connectivity index (χ0) is 13.0. The van der Waals surface area contributed by atoms with Gasteiger partial charge in [0.25, 0.3) is 0 Å². The van der Waals surface area contributed by atoms with Crippen molar-refractivity contribution in [2.24, 2.45) is 23.5 Å². The van der Waals surface area contributed by atoms with Gasteiger partial charge in [-0.3, -0.25) is 4.79 Å². The summed E-state index contributed by atoms with van der Waals surface area (Å²) >= 11 is 0. The summed E-state index contributed by atoms with van der Waals surface area (Å²) in [6.45, 7) is 8.59. The summed E-state index contributed by atoms with van der Waals surface area (Å²) in [5, 5.41) is 0. The minimum atomic E-state index is -0.456. The van der Waals surface area contributed by atoms with Crippen LogP contribution in [0, 0.1) is 17.8 Å². The van der Waals surface area contributed by atoms with E-state index in [0.717, 1.165) is 12.8 Å². The van der Waals surface area contributed by atoms with E-state index in [0.29, 0.717) is 24.2 Å². The summed E-state index contributed by atoms with van der Waals surface area (Å²) in [6, 6.07) is -0.456. The number of carbonyl (C=O) groups excluding carboxylic acids is 1. The van der Waals surface area contributed by atoms with Gasteiger partial charge in [0.15, 0.2) is 0 Å². The molecule has 3 atom stereocenters. The highest BCUT2D eigenvalue weighted by Gasteiger charge is 2.28. The van der Waals surface area contributed by atoms with Gasteiger partial charge in [-0.1, -0.05) is 27.7 Å². The molecular weight excluding hydrogens is 214 g/mol. The van der Waals surface area contributed by atoms with Crippen molar-refractivity contribution >= 4 is 5.97 Å². The molecule has 0 aromatic rings. The number of ether oxygens (including phenoxy) is 1. The molecule has 0 amide bonds. The van der Waals surface area contributed by atoms with E-state index in [-0.39, 0.29) is 12.1 Å². The van der Waals surface area contributed by atoms with E-state index in [1.54, 1.807) is 0 Å². The van der Waals surface area contributed by atoms with Gasteiger partial charge in [0, 0.05) is 0 Å². The van der Waals surface area contributed by atoms with Crippen LogP contribution < -0.4 is 5.73 Å².